The van der Waals surface area contributed by atoms with Crippen LogP contribution in [0.2, 0.25) is 0 Å². The van der Waals surface area contributed by atoms with E-state index in [1.807, 2.05) is 78.6 Å². The van der Waals surface area contributed by atoms with Crippen LogP contribution in [-0.4, -0.2) is 42.2 Å². The summed E-state index contributed by atoms with van der Waals surface area (Å²) >= 11 is 0. The zero-order valence-corrected chi connectivity index (χ0v) is 15.3. The standard InChI is InChI=1S/C18H26N3OP/c1-19(2)23(22,20(3)15-17-11-7-5-8-12-17)21(4)16-18-13-9-6-10-14-18/h5-14H,15-16H2,1-4H3. The lowest BCUT2D eigenvalue weighted by atomic mass is 10.2. The van der Waals surface area contributed by atoms with Crippen LogP contribution in [0.1, 0.15) is 11.1 Å². The Labute approximate surface area is 139 Å². The van der Waals surface area contributed by atoms with E-state index < -0.39 is 7.59 Å². The minimum absolute atomic E-state index is 0.648. The monoisotopic (exact) mass is 331 g/mol. The first-order valence-corrected chi connectivity index (χ1v) is 9.30. The second-order valence-corrected chi connectivity index (χ2v) is 9.16. The van der Waals surface area contributed by atoms with Crippen LogP contribution in [-0.2, 0) is 17.7 Å². The molecular formula is C18H26N3OP. The highest BCUT2D eigenvalue weighted by molar-refractivity contribution is 7.56. The Balaban J connectivity index is 2.18. The molecule has 0 bridgehead atoms. The van der Waals surface area contributed by atoms with E-state index in [1.54, 1.807) is 0 Å². The summed E-state index contributed by atoms with van der Waals surface area (Å²) < 4.78 is 19.4. The van der Waals surface area contributed by atoms with E-state index in [0.717, 1.165) is 11.1 Å². The molecule has 0 N–H and O–H groups in total. The van der Waals surface area contributed by atoms with E-state index in [4.69, 9.17) is 0 Å². The van der Waals surface area contributed by atoms with Crippen molar-refractivity contribution in [2.24, 2.45) is 0 Å². The van der Waals surface area contributed by atoms with Crippen LogP contribution in [0, 0.1) is 0 Å². The van der Waals surface area contributed by atoms with Gasteiger partial charge in [-0.1, -0.05) is 60.7 Å². The average Bonchev–Trinajstić information content (AvgIpc) is 2.55. The van der Waals surface area contributed by atoms with Gasteiger partial charge in [-0.25, -0.2) is 14.0 Å². The molecule has 0 aromatic heterocycles. The summed E-state index contributed by atoms with van der Waals surface area (Å²) in [5.74, 6) is 0. The predicted molar refractivity (Wildman–Crippen MR) is 97.1 cm³/mol. The molecule has 0 saturated carbocycles. The first-order chi connectivity index (χ1) is 10.9. The Morgan fingerprint density at radius 2 is 1.04 bits per heavy atom. The zero-order valence-electron chi connectivity index (χ0n) is 14.4. The van der Waals surface area contributed by atoms with Crippen LogP contribution in [0.4, 0.5) is 0 Å². The lowest BCUT2D eigenvalue weighted by Gasteiger charge is -2.39. The maximum Gasteiger partial charge on any atom is 0.286 e. The quantitative estimate of drug-likeness (QED) is 0.719. The Bertz CT molecular complexity index is 594. The second kappa shape index (κ2) is 7.89. The number of rotatable bonds is 7. The second-order valence-electron chi connectivity index (χ2n) is 5.96. The third-order valence-corrected chi connectivity index (χ3v) is 7.02. The molecule has 4 nitrogen and oxygen atoms in total. The third-order valence-electron chi connectivity index (χ3n) is 3.92. The lowest BCUT2D eigenvalue weighted by Crippen LogP contribution is -2.34. The van der Waals surface area contributed by atoms with Crippen molar-refractivity contribution in [1.29, 1.82) is 0 Å². The minimum atomic E-state index is -2.80. The van der Waals surface area contributed by atoms with Crippen LogP contribution in [0.3, 0.4) is 0 Å². The van der Waals surface area contributed by atoms with E-state index in [2.05, 4.69) is 24.3 Å². The SMILES string of the molecule is CN(C)P(=O)(N(C)Cc1ccccc1)N(C)Cc1ccccc1. The summed E-state index contributed by atoms with van der Waals surface area (Å²) in [6, 6.07) is 20.3. The summed E-state index contributed by atoms with van der Waals surface area (Å²) in [5, 5.41) is 0. The smallest absolute Gasteiger partial charge is 0.270 e. The molecule has 2 aromatic rings. The van der Waals surface area contributed by atoms with Gasteiger partial charge in [0.1, 0.15) is 0 Å². The predicted octanol–water partition coefficient (Wildman–Crippen LogP) is 3.92. The molecule has 2 rings (SSSR count). The van der Waals surface area contributed by atoms with Crippen LogP contribution < -0.4 is 0 Å². The van der Waals surface area contributed by atoms with E-state index in [1.165, 1.54) is 0 Å². The van der Waals surface area contributed by atoms with Gasteiger partial charge in [0.05, 0.1) is 0 Å². The van der Waals surface area contributed by atoms with Crippen molar-refractivity contribution in [2.75, 3.05) is 28.2 Å². The van der Waals surface area contributed by atoms with Gasteiger partial charge in [0.25, 0.3) is 7.59 Å². The zero-order chi connectivity index (χ0) is 16.9. The number of benzene rings is 2. The molecule has 0 spiro atoms. The number of hydrogen-bond donors (Lipinski definition) is 0. The van der Waals surface area contributed by atoms with E-state index >= 15 is 0 Å². The van der Waals surface area contributed by atoms with E-state index in [0.29, 0.717) is 13.1 Å². The highest BCUT2D eigenvalue weighted by Crippen LogP contribution is 2.54. The minimum Gasteiger partial charge on any atom is -0.270 e. The fourth-order valence-corrected chi connectivity index (χ4v) is 5.19. The molecule has 2 aromatic carbocycles. The summed E-state index contributed by atoms with van der Waals surface area (Å²) in [6.45, 7) is 1.30. The van der Waals surface area contributed by atoms with E-state index in [-0.39, 0.29) is 0 Å². The fraction of sp³-hybridized carbons (Fsp3) is 0.333. The van der Waals surface area contributed by atoms with Gasteiger partial charge in [0.2, 0.25) is 0 Å². The maximum atomic E-state index is 13.7. The van der Waals surface area contributed by atoms with Crippen molar-refractivity contribution in [3.63, 3.8) is 0 Å². The largest absolute Gasteiger partial charge is 0.286 e. The normalized spacial score (nSPS) is 12.3. The van der Waals surface area contributed by atoms with Crippen LogP contribution in [0.15, 0.2) is 60.7 Å². The molecule has 0 aliphatic heterocycles. The lowest BCUT2D eigenvalue weighted by molar-refractivity contribution is 0.331. The molecular weight excluding hydrogens is 305 g/mol. The molecule has 124 valence electrons. The van der Waals surface area contributed by atoms with Gasteiger partial charge in [-0.15, -0.1) is 0 Å². The Hall–Kier alpha value is -1.45. The third kappa shape index (κ3) is 4.30. The summed E-state index contributed by atoms with van der Waals surface area (Å²) in [6.07, 6.45) is 0. The fourth-order valence-electron chi connectivity index (χ4n) is 2.75. The van der Waals surface area contributed by atoms with Crippen molar-refractivity contribution in [3.8, 4) is 0 Å². The topological polar surface area (TPSA) is 26.8 Å². The van der Waals surface area contributed by atoms with Crippen molar-refractivity contribution >= 4 is 7.59 Å². The van der Waals surface area contributed by atoms with Gasteiger partial charge in [0.15, 0.2) is 0 Å². The molecule has 0 saturated heterocycles. The van der Waals surface area contributed by atoms with E-state index in [9.17, 15) is 4.57 Å². The Morgan fingerprint density at radius 3 is 1.35 bits per heavy atom. The molecule has 0 fully saturated rings. The van der Waals surface area contributed by atoms with Gasteiger partial charge in [-0.2, -0.15) is 0 Å². The maximum absolute atomic E-state index is 13.7. The molecule has 5 heteroatoms. The first-order valence-electron chi connectivity index (χ1n) is 7.73. The van der Waals surface area contributed by atoms with Crippen LogP contribution in [0.25, 0.3) is 0 Å². The molecule has 0 radical (unpaired) electrons. The summed E-state index contributed by atoms with van der Waals surface area (Å²) in [4.78, 5) is 0. The molecule has 0 amide bonds. The number of hydrogen-bond acceptors (Lipinski definition) is 1. The van der Waals surface area contributed by atoms with Gasteiger partial charge < -0.3 is 0 Å². The summed E-state index contributed by atoms with van der Waals surface area (Å²) in [5.41, 5.74) is 2.32. The Kier molecular flexibility index (Phi) is 6.14. The molecule has 0 aliphatic carbocycles. The van der Waals surface area contributed by atoms with Crippen molar-refractivity contribution in [1.82, 2.24) is 14.0 Å². The first kappa shape index (κ1) is 17.9. The summed E-state index contributed by atoms with van der Waals surface area (Å²) in [7, 11) is 4.80. The Morgan fingerprint density at radius 1 is 0.696 bits per heavy atom. The molecule has 0 atom stereocenters. The van der Waals surface area contributed by atoms with Gasteiger partial charge in [-0.05, 0) is 39.3 Å². The highest BCUT2D eigenvalue weighted by Gasteiger charge is 2.35. The van der Waals surface area contributed by atoms with Crippen molar-refractivity contribution in [3.05, 3.63) is 71.8 Å². The number of nitrogens with zero attached hydrogens (tertiary/aromatic N) is 3. The van der Waals surface area contributed by atoms with Crippen molar-refractivity contribution in [2.45, 2.75) is 13.1 Å². The average molecular weight is 331 g/mol. The van der Waals surface area contributed by atoms with Gasteiger partial charge in [-0.3, -0.25) is 4.57 Å². The van der Waals surface area contributed by atoms with Gasteiger partial charge >= 0.3 is 0 Å². The van der Waals surface area contributed by atoms with Crippen molar-refractivity contribution < 1.29 is 4.57 Å². The molecule has 0 heterocycles. The van der Waals surface area contributed by atoms with Gasteiger partial charge in [0, 0.05) is 13.1 Å². The molecule has 0 unspecified atom stereocenters. The highest BCUT2D eigenvalue weighted by atomic mass is 31.2. The molecule has 23 heavy (non-hydrogen) atoms. The van der Waals surface area contributed by atoms with Crippen LogP contribution in [0.5, 0.6) is 0 Å². The molecule has 0 aliphatic rings. The van der Waals surface area contributed by atoms with Crippen LogP contribution >= 0.6 is 7.59 Å².